The molecule has 0 aliphatic rings. The number of nitrogens with one attached hydrogen (secondary N) is 1. The van der Waals surface area contributed by atoms with Crippen LogP contribution in [0.4, 0.5) is 0 Å². The lowest BCUT2D eigenvalue weighted by Crippen LogP contribution is -2.35. The summed E-state index contributed by atoms with van der Waals surface area (Å²) in [6, 6.07) is -0.144. The topological polar surface area (TPSA) is 128 Å². The van der Waals surface area contributed by atoms with Crippen molar-refractivity contribution in [2.75, 3.05) is 35.0 Å². The Kier molecular flexibility index (Phi) is 22.4. The van der Waals surface area contributed by atoms with E-state index in [1.807, 2.05) is 0 Å². The molecule has 0 aliphatic carbocycles. The van der Waals surface area contributed by atoms with E-state index >= 15 is 0 Å². The lowest BCUT2D eigenvalue weighted by atomic mass is 9.98. The van der Waals surface area contributed by atoms with Crippen molar-refractivity contribution in [3.63, 3.8) is 0 Å². The quantitative estimate of drug-likeness (QED) is 0.433. The van der Waals surface area contributed by atoms with E-state index in [1.54, 1.807) is 14.0 Å². The van der Waals surface area contributed by atoms with Crippen molar-refractivity contribution in [2.45, 2.75) is 52.5 Å². The average molecular weight is 393 g/mol. The van der Waals surface area contributed by atoms with Crippen LogP contribution < -0.4 is 5.32 Å². The second-order valence-corrected chi connectivity index (χ2v) is 5.68. The highest BCUT2D eigenvalue weighted by molar-refractivity contribution is 5.87. The smallest absolute Gasteiger partial charge is 0.331 e. The highest BCUT2D eigenvalue weighted by Crippen LogP contribution is 2.08. The molecule has 0 unspecified atom stereocenters. The van der Waals surface area contributed by atoms with E-state index in [4.69, 9.17) is 5.11 Å². The van der Waals surface area contributed by atoms with Gasteiger partial charge in [-0.05, 0) is 19.4 Å². The van der Waals surface area contributed by atoms with Crippen molar-refractivity contribution >= 4 is 23.7 Å². The van der Waals surface area contributed by atoms with Crippen molar-refractivity contribution in [3.8, 4) is 0 Å². The van der Waals surface area contributed by atoms with Crippen molar-refractivity contribution in [1.82, 2.24) is 5.32 Å². The van der Waals surface area contributed by atoms with E-state index in [0.717, 1.165) is 6.42 Å². The molecule has 0 amide bonds. The molecule has 0 aromatic carbocycles. The summed E-state index contributed by atoms with van der Waals surface area (Å²) in [5, 5.41) is 10.8. The number of methoxy groups -OCH3 is 3. The van der Waals surface area contributed by atoms with Crippen LogP contribution in [0, 0.1) is 5.92 Å². The average Bonchev–Trinajstić information content (AvgIpc) is 2.69. The fraction of sp³-hybridized carbons (Fsp3) is 0.778. The molecule has 0 bridgehead atoms. The van der Waals surface area contributed by atoms with Crippen LogP contribution in [0.2, 0.25) is 0 Å². The number of carbonyl (C=O) groups excluding carboxylic acids is 4. The van der Waals surface area contributed by atoms with Crippen molar-refractivity contribution in [1.29, 1.82) is 0 Å². The minimum Gasteiger partial charge on any atom is -0.469 e. The van der Waals surface area contributed by atoms with Gasteiger partial charge in [-0.25, -0.2) is 4.79 Å². The first-order chi connectivity index (χ1) is 12.6. The Morgan fingerprint density at radius 2 is 1.37 bits per heavy atom. The molecule has 0 aromatic rings. The van der Waals surface area contributed by atoms with Crippen LogP contribution in [0.15, 0.2) is 0 Å². The minimum absolute atomic E-state index is 0.0802. The van der Waals surface area contributed by atoms with Crippen molar-refractivity contribution in [3.05, 3.63) is 0 Å². The van der Waals surface area contributed by atoms with Gasteiger partial charge in [0.15, 0.2) is 0 Å². The summed E-state index contributed by atoms with van der Waals surface area (Å²) in [7, 11) is 5.70. The maximum absolute atomic E-state index is 11.7. The van der Waals surface area contributed by atoms with Gasteiger partial charge in [0.05, 0.1) is 33.8 Å². The summed E-state index contributed by atoms with van der Waals surface area (Å²) >= 11 is 0. The fourth-order valence-electron chi connectivity index (χ4n) is 1.59. The molecular weight excluding hydrogens is 358 g/mol. The van der Waals surface area contributed by atoms with E-state index in [-0.39, 0.29) is 36.6 Å². The number of Topliss-reactive ketones (excluding diaryl/α,β-unsaturated/α-hetero) is 1. The molecule has 0 aliphatic heterocycles. The van der Waals surface area contributed by atoms with Crippen LogP contribution >= 0.6 is 0 Å². The number of carbonyl (C=O) groups is 4. The minimum atomic E-state index is -0.602. The van der Waals surface area contributed by atoms with Crippen LogP contribution in [0.1, 0.15) is 46.5 Å². The molecule has 9 heteroatoms. The highest BCUT2D eigenvalue weighted by atomic mass is 16.5. The van der Waals surface area contributed by atoms with Crippen LogP contribution in [0.3, 0.4) is 0 Å². The SMILES string of the molecule is CCC(=O)OC.CN[C@H](CC(C)C)C(=O)CCC(=O)OC.COC(=O)CO. The molecule has 0 rings (SSSR count). The van der Waals surface area contributed by atoms with Gasteiger partial charge in [0.1, 0.15) is 12.4 Å². The second kappa shape index (κ2) is 20.3. The van der Waals surface area contributed by atoms with Gasteiger partial charge >= 0.3 is 17.9 Å². The Hall–Kier alpha value is -2.00. The zero-order valence-corrected chi connectivity index (χ0v) is 17.5. The number of ketones is 1. The third-order valence-electron chi connectivity index (χ3n) is 3.12. The molecule has 27 heavy (non-hydrogen) atoms. The zero-order valence-electron chi connectivity index (χ0n) is 17.5. The fourth-order valence-corrected chi connectivity index (χ4v) is 1.59. The van der Waals surface area contributed by atoms with E-state index in [9.17, 15) is 19.2 Å². The normalized spacial score (nSPS) is 10.4. The molecule has 0 saturated heterocycles. The number of hydrogen-bond donors (Lipinski definition) is 2. The number of ether oxygens (including phenoxy) is 3. The van der Waals surface area contributed by atoms with E-state index < -0.39 is 12.6 Å². The van der Waals surface area contributed by atoms with Gasteiger partial charge in [-0.3, -0.25) is 14.4 Å². The Morgan fingerprint density at radius 3 is 1.59 bits per heavy atom. The van der Waals surface area contributed by atoms with Gasteiger partial charge in [-0.1, -0.05) is 20.8 Å². The lowest BCUT2D eigenvalue weighted by molar-refractivity contribution is -0.144. The molecule has 160 valence electrons. The predicted octanol–water partition coefficient (Wildman–Crippen LogP) is 0.864. The zero-order chi connectivity index (χ0) is 21.8. The van der Waals surface area contributed by atoms with Gasteiger partial charge in [-0.15, -0.1) is 0 Å². The molecule has 9 nitrogen and oxygen atoms in total. The molecule has 0 radical (unpaired) electrons. The number of aliphatic hydroxyl groups excluding tert-OH is 1. The first kappa shape index (κ1) is 29.8. The van der Waals surface area contributed by atoms with E-state index in [1.165, 1.54) is 21.3 Å². The third-order valence-corrected chi connectivity index (χ3v) is 3.12. The number of hydrogen-bond acceptors (Lipinski definition) is 9. The highest BCUT2D eigenvalue weighted by Gasteiger charge is 2.18. The van der Waals surface area contributed by atoms with Gasteiger partial charge in [-0.2, -0.15) is 0 Å². The van der Waals surface area contributed by atoms with E-state index in [2.05, 4.69) is 33.4 Å². The van der Waals surface area contributed by atoms with Crippen molar-refractivity contribution < 1.29 is 38.5 Å². The Morgan fingerprint density at radius 1 is 0.889 bits per heavy atom. The van der Waals surface area contributed by atoms with Gasteiger partial charge in [0.25, 0.3) is 0 Å². The number of aliphatic hydroxyl groups is 1. The van der Waals surface area contributed by atoms with Gasteiger partial charge in [0.2, 0.25) is 0 Å². The lowest BCUT2D eigenvalue weighted by Gasteiger charge is -2.16. The maximum atomic E-state index is 11.7. The summed E-state index contributed by atoms with van der Waals surface area (Å²) in [5.74, 6) is -0.547. The van der Waals surface area contributed by atoms with Crippen LogP contribution in [-0.4, -0.2) is 69.8 Å². The molecule has 2 N–H and O–H groups in total. The summed E-state index contributed by atoms with van der Waals surface area (Å²) in [5.41, 5.74) is 0. The Balaban J connectivity index is -0.000000394. The first-order valence-electron chi connectivity index (χ1n) is 8.64. The molecule has 0 aromatic heterocycles. The van der Waals surface area contributed by atoms with Crippen LogP contribution in [0.5, 0.6) is 0 Å². The van der Waals surface area contributed by atoms with E-state index in [0.29, 0.717) is 12.3 Å². The second-order valence-electron chi connectivity index (χ2n) is 5.68. The number of likely N-dealkylation sites (N-methyl/N-ethyl adjacent to an activating group) is 1. The number of esters is 3. The monoisotopic (exact) mass is 393 g/mol. The summed E-state index contributed by atoms with van der Waals surface area (Å²) in [6.45, 7) is 5.36. The Bertz CT molecular complexity index is 396. The summed E-state index contributed by atoms with van der Waals surface area (Å²) < 4.78 is 12.8. The Labute approximate surface area is 161 Å². The van der Waals surface area contributed by atoms with Gasteiger partial charge in [0, 0.05) is 12.8 Å². The van der Waals surface area contributed by atoms with Gasteiger partial charge < -0.3 is 24.6 Å². The standard InChI is InChI=1S/C11H21NO3.C4H8O2.C3H6O3/c1-8(2)7-9(12-3)10(13)5-6-11(14)15-4;1-3-4(5)6-2;1-6-3(5)2-4/h8-9,12H,5-7H2,1-4H3;3H2,1-2H3;4H,2H2,1H3/t9-;;/m1../s1. The summed E-state index contributed by atoms with van der Waals surface area (Å²) in [6.07, 6.45) is 1.70. The third kappa shape index (κ3) is 22.0. The summed E-state index contributed by atoms with van der Waals surface area (Å²) in [4.78, 5) is 42.2. The molecule has 0 fully saturated rings. The predicted molar refractivity (Wildman–Crippen MR) is 100.0 cm³/mol. The first-order valence-corrected chi connectivity index (χ1v) is 8.64. The van der Waals surface area contributed by atoms with Crippen LogP contribution in [-0.2, 0) is 33.4 Å². The maximum Gasteiger partial charge on any atom is 0.331 e. The molecule has 0 spiro atoms. The number of rotatable bonds is 9. The van der Waals surface area contributed by atoms with Crippen LogP contribution in [0.25, 0.3) is 0 Å². The largest absolute Gasteiger partial charge is 0.469 e. The van der Waals surface area contributed by atoms with Crippen molar-refractivity contribution in [2.24, 2.45) is 5.92 Å². The molecule has 1 atom stereocenters. The molecule has 0 heterocycles. The molecule has 0 saturated carbocycles. The molecular formula is C18H35NO8.